The second kappa shape index (κ2) is 9.45. The molecule has 0 atom stereocenters. The van der Waals surface area contributed by atoms with Gasteiger partial charge in [0.1, 0.15) is 6.26 Å². The maximum absolute atomic E-state index is 12.5. The van der Waals surface area contributed by atoms with Crippen LogP contribution >= 0.6 is 0 Å². The van der Waals surface area contributed by atoms with Gasteiger partial charge in [-0.05, 0) is 57.2 Å². The Morgan fingerprint density at radius 3 is 2.35 bits per heavy atom. The Balaban J connectivity index is 1.56. The van der Waals surface area contributed by atoms with Gasteiger partial charge in [-0.1, -0.05) is 17.7 Å². The fourth-order valence-electron chi connectivity index (χ4n) is 2.88. The van der Waals surface area contributed by atoms with Crippen LogP contribution in [0.4, 0.5) is 0 Å². The zero-order valence-electron chi connectivity index (χ0n) is 18.1. The molecule has 3 rings (SSSR count). The van der Waals surface area contributed by atoms with Crippen LogP contribution in [0.5, 0.6) is 0 Å². The Labute approximate surface area is 183 Å². The summed E-state index contributed by atoms with van der Waals surface area (Å²) in [5.41, 5.74) is 3.20. The normalized spacial score (nSPS) is 11.8. The quantitative estimate of drug-likeness (QED) is 0.576. The Morgan fingerprint density at radius 1 is 1.10 bits per heavy atom. The third-order valence-electron chi connectivity index (χ3n) is 5.04. The summed E-state index contributed by atoms with van der Waals surface area (Å²) in [5.74, 6) is 0.271. The molecule has 8 heteroatoms. The van der Waals surface area contributed by atoms with E-state index in [0.29, 0.717) is 24.4 Å². The molecule has 7 nitrogen and oxygen atoms in total. The first-order valence-corrected chi connectivity index (χ1v) is 11.5. The average Bonchev–Trinajstić information content (AvgIpc) is 3.22. The van der Waals surface area contributed by atoms with Crippen LogP contribution in [0.2, 0.25) is 0 Å². The van der Waals surface area contributed by atoms with Crippen LogP contribution in [0.15, 0.2) is 64.1 Å². The van der Waals surface area contributed by atoms with Crippen molar-refractivity contribution in [1.29, 1.82) is 0 Å². The lowest BCUT2D eigenvalue weighted by molar-refractivity contribution is 0.0954. The van der Waals surface area contributed by atoms with Crippen molar-refractivity contribution in [2.24, 2.45) is 0 Å². The lowest BCUT2D eigenvalue weighted by Gasteiger charge is -2.21. The van der Waals surface area contributed by atoms with Gasteiger partial charge in [-0.25, -0.2) is 13.4 Å². The minimum Gasteiger partial charge on any atom is -0.444 e. The first-order valence-electron chi connectivity index (χ1n) is 10.1. The van der Waals surface area contributed by atoms with Crippen molar-refractivity contribution in [2.45, 2.75) is 38.1 Å². The van der Waals surface area contributed by atoms with Crippen LogP contribution in [0.25, 0.3) is 11.5 Å². The number of nitrogens with one attached hydrogen (secondary N) is 1. The van der Waals surface area contributed by atoms with Crippen LogP contribution in [0, 0.1) is 6.92 Å². The van der Waals surface area contributed by atoms with Crippen molar-refractivity contribution in [2.75, 3.05) is 13.6 Å². The number of oxazole rings is 1. The molecular formula is C23H27N3O4S. The predicted molar refractivity (Wildman–Crippen MR) is 119 cm³/mol. The number of amides is 1. The van der Waals surface area contributed by atoms with Crippen molar-refractivity contribution < 1.29 is 17.6 Å². The van der Waals surface area contributed by atoms with Gasteiger partial charge >= 0.3 is 0 Å². The molecule has 0 saturated heterocycles. The molecule has 0 saturated carbocycles. The third-order valence-corrected chi connectivity index (χ3v) is 7.09. The highest BCUT2D eigenvalue weighted by atomic mass is 32.2. The monoisotopic (exact) mass is 441 g/mol. The first kappa shape index (κ1) is 22.7. The number of carbonyl (C=O) groups excluding carboxylic acids is 1. The van der Waals surface area contributed by atoms with Crippen molar-refractivity contribution in [1.82, 2.24) is 14.6 Å². The number of aryl methyl sites for hydroxylation is 1. The molecule has 2 aromatic carbocycles. The van der Waals surface area contributed by atoms with Gasteiger partial charge in [0, 0.05) is 37.2 Å². The Bertz CT molecular complexity index is 1130. The fourth-order valence-corrected chi connectivity index (χ4v) is 4.25. The van der Waals surface area contributed by atoms with Gasteiger partial charge < -0.3 is 9.73 Å². The van der Waals surface area contributed by atoms with Crippen LogP contribution in [-0.4, -0.2) is 43.2 Å². The summed E-state index contributed by atoms with van der Waals surface area (Å²) in [6.45, 7) is 6.01. The molecule has 0 spiro atoms. The average molecular weight is 442 g/mol. The molecule has 0 aliphatic heterocycles. The van der Waals surface area contributed by atoms with Crippen LogP contribution in [0.3, 0.4) is 0 Å². The summed E-state index contributed by atoms with van der Waals surface area (Å²) in [6.07, 6.45) is 2.11. The molecule has 0 bridgehead atoms. The van der Waals surface area contributed by atoms with Crippen molar-refractivity contribution in [3.05, 3.63) is 71.6 Å². The van der Waals surface area contributed by atoms with E-state index in [1.165, 1.54) is 35.6 Å². The second-order valence-corrected chi connectivity index (χ2v) is 9.65. The predicted octanol–water partition coefficient (Wildman–Crippen LogP) is 3.65. The van der Waals surface area contributed by atoms with Gasteiger partial charge in [0.2, 0.25) is 15.9 Å². The Hall–Kier alpha value is -2.97. The topological polar surface area (TPSA) is 92.5 Å². The summed E-state index contributed by atoms with van der Waals surface area (Å²) < 4.78 is 31.9. The van der Waals surface area contributed by atoms with E-state index in [0.717, 1.165) is 16.8 Å². The van der Waals surface area contributed by atoms with E-state index >= 15 is 0 Å². The van der Waals surface area contributed by atoms with Gasteiger partial charge in [0.25, 0.3) is 5.91 Å². The molecule has 1 heterocycles. The van der Waals surface area contributed by atoms with Crippen molar-refractivity contribution in [3.63, 3.8) is 0 Å². The van der Waals surface area contributed by atoms with Gasteiger partial charge in [-0.3, -0.25) is 4.79 Å². The summed E-state index contributed by atoms with van der Waals surface area (Å²) in [7, 11) is -2.04. The minimum atomic E-state index is -3.57. The highest BCUT2D eigenvalue weighted by Crippen LogP contribution is 2.19. The summed E-state index contributed by atoms with van der Waals surface area (Å²) in [4.78, 5) is 17.0. The van der Waals surface area contributed by atoms with E-state index in [2.05, 4.69) is 10.3 Å². The Morgan fingerprint density at radius 2 is 1.74 bits per heavy atom. The second-order valence-electron chi connectivity index (χ2n) is 7.66. The smallest absolute Gasteiger partial charge is 0.251 e. The van der Waals surface area contributed by atoms with Crippen LogP contribution in [-0.2, 0) is 16.4 Å². The third kappa shape index (κ3) is 5.39. The number of nitrogens with zero attached hydrogens (tertiary/aromatic N) is 2. The van der Waals surface area contributed by atoms with E-state index in [1.807, 2.05) is 31.2 Å². The molecule has 1 amide bonds. The highest BCUT2D eigenvalue weighted by molar-refractivity contribution is 7.89. The molecule has 0 radical (unpaired) electrons. The van der Waals surface area contributed by atoms with E-state index in [4.69, 9.17) is 4.42 Å². The molecule has 1 N–H and O–H groups in total. The molecule has 0 aliphatic rings. The molecule has 3 aromatic rings. The molecule has 0 aliphatic carbocycles. The highest BCUT2D eigenvalue weighted by Gasteiger charge is 2.23. The van der Waals surface area contributed by atoms with Gasteiger partial charge in [-0.15, -0.1) is 0 Å². The van der Waals surface area contributed by atoms with E-state index in [9.17, 15) is 13.2 Å². The van der Waals surface area contributed by atoms with E-state index < -0.39 is 10.0 Å². The number of sulfonamides is 1. The largest absolute Gasteiger partial charge is 0.444 e. The number of benzene rings is 2. The molecule has 1 aromatic heterocycles. The lowest BCUT2D eigenvalue weighted by Crippen LogP contribution is -2.33. The standard InChI is InChI=1S/C23H27N3O4S/c1-16(2)26(4)31(28,29)21-11-9-18(10-12-21)22(27)24-14-13-20-15-30-23(25-20)19-7-5-17(3)6-8-19/h5-12,15-16H,13-14H2,1-4H3,(H,24,27). The number of carbonyl (C=O) groups is 1. The molecule has 0 unspecified atom stereocenters. The maximum atomic E-state index is 12.5. The Kier molecular flexibility index (Phi) is 6.92. The summed E-state index contributed by atoms with van der Waals surface area (Å²) in [5, 5.41) is 2.82. The lowest BCUT2D eigenvalue weighted by atomic mass is 10.1. The summed E-state index contributed by atoms with van der Waals surface area (Å²) >= 11 is 0. The van der Waals surface area contributed by atoms with Crippen molar-refractivity contribution >= 4 is 15.9 Å². The molecule has 164 valence electrons. The van der Waals surface area contributed by atoms with Gasteiger partial charge in [0.15, 0.2) is 0 Å². The number of rotatable bonds is 8. The van der Waals surface area contributed by atoms with Crippen LogP contribution < -0.4 is 5.32 Å². The SMILES string of the molecule is Cc1ccc(-c2nc(CCNC(=O)c3ccc(S(=O)(=O)N(C)C(C)C)cc3)co2)cc1. The summed E-state index contributed by atoms with van der Waals surface area (Å²) in [6, 6.07) is 13.7. The first-order chi connectivity index (χ1) is 14.7. The maximum Gasteiger partial charge on any atom is 0.251 e. The number of hydrogen-bond acceptors (Lipinski definition) is 5. The zero-order valence-corrected chi connectivity index (χ0v) is 18.9. The molecule has 31 heavy (non-hydrogen) atoms. The zero-order chi connectivity index (χ0) is 22.6. The number of aromatic nitrogens is 1. The van der Waals surface area contributed by atoms with E-state index in [1.54, 1.807) is 20.1 Å². The molecule has 0 fully saturated rings. The van der Waals surface area contributed by atoms with Crippen molar-refractivity contribution in [3.8, 4) is 11.5 Å². The van der Waals surface area contributed by atoms with Crippen LogP contribution in [0.1, 0.15) is 35.5 Å². The van der Waals surface area contributed by atoms with Gasteiger partial charge in [0.05, 0.1) is 10.6 Å². The van der Waals surface area contributed by atoms with Gasteiger partial charge in [-0.2, -0.15) is 4.31 Å². The number of hydrogen-bond donors (Lipinski definition) is 1. The molecular weight excluding hydrogens is 414 g/mol. The fraction of sp³-hybridized carbons (Fsp3) is 0.304. The van der Waals surface area contributed by atoms with E-state index in [-0.39, 0.29) is 16.8 Å². The minimum absolute atomic E-state index is 0.156.